The summed E-state index contributed by atoms with van der Waals surface area (Å²) < 4.78 is 31.6. The van der Waals surface area contributed by atoms with E-state index in [0.29, 0.717) is 11.4 Å². The Kier molecular flexibility index (Phi) is 6.93. The van der Waals surface area contributed by atoms with Crippen LogP contribution in [0.15, 0.2) is 29.2 Å². The lowest BCUT2D eigenvalue weighted by molar-refractivity contribution is -0.157. The molecule has 27 heavy (non-hydrogen) atoms. The van der Waals surface area contributed by atoms with E-state index in [4.69, 9.17) is 16.3 Å². The molecule has 1 saturated heterocycles. The van der Waals surface area contributed by atoms with Crippen LogP contribution in [0.1, 0.15) is 19.8 Å². The van der Waals surface area contributed by atoms with Gasteiger partial charge in [-0.2, -0.15) is 4.72 Å². The summed E-state index contributed by atoms with van der Waals surface area (Å²) in [5.41, 5.74) is 0. The van der Waals surface area contributed by atoms with Crippen molar-refractivity contribution < 1.29 is 32.6 Å². The zero-order valence-electron chi connectivity index (χ0n) is 14.4. The van der Waals surface area contributed by atoms with Gasteiger partial charge in [0.25, 0.3) is 5.91 Å². The normalized spacial score (nSPS) is 16.9. The van der Waals surface area contributed by atoms with Crippen LogP contribution in [0.4, 0.5) is 0 Å². The molecule has 0 bridgehead atoms. The molecule has 1 heterocycles. The minimum atomic E-state index is -4.15. The lowest BCUT2D eigenvalue weighted by atomic mass is 10.2. The van der Waals surface area contributed by atoms with Crippen LogP contribution in [0.3, 0.4) is 0 Å². The molecule has 2 N–H and O–H groups in total. The Balaban J connectivity index is 2.03. The van der Waals surface area contributed by atoms with Crippen molar-refractivity contribution in [3.8, 4) is 0 Å². The molecule has 1 aromatic rings. The standard InChI is InChI=1S/C16H19ClN2O7S/c1-10(20)15(18-27(24,25)12-6-4-11(17)5-7-12)16(23)26-9-14(22)19-8-2-3-13(19)21/h4-7,10,15,18,20H,2-3,8-9H2,1H3/t10-,15-/m1/s1. The number of aliphatic hydroxyl groups excluding tert-OH is 1. The van der Waals surface area contributed by atoms with Crippen LogP contribution in [0.5, 0.6) is 0 Å². The highest BCUT2D eigenvalue weighted by atomic mass is 35.5. The second-order valence-corrected chi connectivity index (χ2v) is 8.09. The van der Waals surface area contributed by atoms with E-state index in [-0.39, 0.29) is 23.8 Å². The third kappa shape index (κ3) is 5.48. The van der Waals surface area contributed by atoms with Gasteiger partial charge in [0.1, 0.15) is 6.04 Å². The predicted octanol–water partition coefficient (Wildman–Crippen LogP) is 0.0599. The molecule has 1 aromatic carbocycles. The number of hydrogen-bond donors (Lipinski definition) is 2. The summed E-state index contributed by atoms with van der Waals surface area (Å²) in [6.07, 6.45) is -0.643. The Morgan fingerprint density at radius 1 is 1.33 bits per heavy atom. The maximum atomic E-state index is 12.4. The smallest absolute Gasteiger partial charge is 0.327 e. The van der Waals surface area contributed by atoms with Crippen molar-refractivity contribution >= 4 is 39.4 Å². The Labute approximate surface area is 161 Å². The zero-order valence-corrected chi connectivity index (χ0v) is 16.0. The van der Waals surface area contributed by atoms with Gasteiger partial charge in [0.05, 0.1) is 11.0 Å². The highest BCUT2D eigenvalue weighted by Gasteiger charge is 2.33. The number of sulfonamides is 1. The maximum absolute atomic E-state index is 12.4. The summed E-state index contributed by atoms with van der Waals surface area (Å²) in [5, 5.41) is 10.1. The molecule has 9 nitrogen and oxygen atoms in total. The van der Waals surface area contributed by atoms with Gasteiger partial charge in [-0.05, 0) is 37.6 Å². The number of likely N-dealkylation sites (tertiary alicyclic amines) is 1. The number of hydrogen-bond acceptors (Lipinski definition) is 7. The highest BCUT2D eigenvalue weighted by Crippen LogP contribution is 2.15. The fraction of sp³-hybridized carbons (Fsp3) is 0.438. The number of carbonyl (C=O) groups excluding carboxylic acids is 3. The number of amides is 2. The minimum Gasteiger partial charge on any atom is -0.454 e. The summed E-state index contributed by atoms with van der Waals surface area (Å²) in [6.45, 7) is 0.719. The third-order valence-electron chi connectivity index (χ3n) is 3.85. The average molecular weight is 419 g/mol. The number of aliphatic hydroxyl groups is 1. The molecule has 2 amide bonds. The van der Waals surface area contributed by atoms with Gasteiger partial charge in [0.2, 0.25) is 15.9 Å². The van der Waals surface area contributed by atoms with E-state index in [1.54, 1.807) is 0 Å². The van der Waals surface area contributed by atoms with Crippen molar-refractivity contribution in [1.82, 2.24) is 9.62 Å². The first-order chi connectivity index (χ1) is 12.6. The minimum absolute atomic E-state index is 0.163. The number of nitrogens with zero attached hydrogens (tertiary/aromatic N) is 1. The van der Waals surface area contributed by atoms with Crippen molar-refractivity contribution in [1.29, 1.82) is 0 Å². The monoisotopic (exact) mass is 418 g/mol. The van der Waals surface area contributed by atoms with E-state index in [1.807, 2.05) is 4.72 Å². The molecule has 2 rings (SSSR count). The van der Waals surface area contributed by atoms with Gasteiger partial charge >= 0.3 is 5.97 Å². The number of ether oxygens (including phenoxy) is 1. The first-order valence-electron chi connectivity index (χ1n) is 8.07. The zero-order chi connectivity index (χ0) is 20.2. The second-order valence-electron chi connectivity index (χ2n) is 5.94. The molecule has 0 aromatic heterocycles. The van der Waals surface area contributed by atoms with Crippen molar-refractivity contribution in [2.45, 2.75) is 36.8 Å². The summed E-state index contributed by atoms with van der Waals surface area (Å²) in [4.78, 5) is 36.4. The van der Waals surface area contributed by atoms with E-state index in [2.05, 4.69) is 0 Å². The molecule has 1 aliphatic heterocycles. The van der Waals surface area contributed by atoms with Crippen molar-refractivity contribution in [2.75, 3.05) is 13.2 Å². The average Bonchev–Trinajstić information content (AvgIpc) is 3.03. The van der Waals surface area contributed by atoms with Gasteiger partial charge in [-0.25, -0.2) is 8.42 Å². The fourth-order valence-corrected chi connectivity index (χ4v) is 3.79. The van der Waals surface area contributed by atoms with Gasteiger partial charge in [-0.3, -0.25) is 19.3 Å². The number of nitrogens with one attached hydrogen (secondary N) is 1. The van der Waals surface area contributed by atoms with Crippen LogP contribution in [-0.4, -0.2) is 61.5 Å². The van der Waals surface area contributed by atoms with Crippen molar-refractivity contribution in [2.24, 2.45) is 0 Å². The lowest BCUT2D eigenvalue weighted by Gasteiger charge is -2.20. The molecule has 0 saturated carbocycles. The molecule has 1 fully saturated rings. The van der Waals surface area contributed by atoms with E-state index in [9.17, 15) is 27.9 Å². The highest BCUT2D eigenvalue weighted by molar-refractivity contribution is 7.89. The molecule has 148 valence electrons. The number of benzene rings is 1. The van der Waals surface area contributed by atoms with Gasteiger partial charge in [-0.1, -0.05) is 11.6 Å². The Hall–Kier alpha value is -2.01. The van der Waals surface area contributed by atoms with E-state index in [0.717, 1.165) is 4.90 Å². The molecular formula is C16H19ClN2O7S. The van der Waals surface area contributed by atoms with Crippen LogP contribution < -0.4 is 4.72 Å². The summed E-state index contributed by atoms with van der Waals surface area (Å²) >= 11 is 5.71. The molecular weight excluding hydrogens is 400 g/mol. The quantitative estimate of drug-likeness (QED) is 0.598. The van der Waals surface area contributed by atoms with Gasteiger partial charge in [-0.15, -0.1) is 0 Å². The van der Waals surface area contributed by atoms with Crippen LogP contribution in [0.25, 0.3) is 0 Å². The molecule has 0 aliphatic carbocycles. The molecule has 0 unspecified atom stereocenters. The molecule has 11 heteroatoms. The largest absolute Gasteiger partial charge is 0.454 e. The molecule has 0 radical (unpaired) electrons. The number of rotatable bonds is 7. The van der Waals surface area contributed by atoms with Crippen molar-refractivity contribution in [3.05, 3.63) is 29.3 Å². The Morgan fingerprint density at radius 2 is 1.96 bits per heavy atom. The van der Waals surface area contributed by atoms with Gasteiger partial charge < -0.3 is 9.84 Å². The summed E-state index contributed by atoms with van der Waals surface area (Å²) in [5.74, 6) is -2.19. The first kappa shape index (κ1) is 21.3. The van der Waals surface area contributed by atoms with Crippen LogP contribution >= 0.6 is 11.6 Å². The van der Waals surface area contributed by atoms with Crippen LogP contribution in [-0.2, 0) is 29.1 Å². The number of halogens is 1. The SMILES string of the molecule is C[C@@H](O)[C@@H](NS(=O)(=O)c1ccc(Cl)cc1)C(=O)OCC(=O)N1CCCC1=O. The molecule has 1 aliphatic rings. The lowest BCUT2D eigenvalue weighted by Crippen LogP contribution is -2.49. The van der Waals surface area contributed by atoms with E-state index < -0.39 is 40.7 Å². The topological polar surface area (TPSA) is 130 Å². The number of imide groups is 1. The molecule has 0 spiro atoms. The molecule has 2 atom stereocenters. The van der Waals surface area contributed by atoms with Gasteiger partial charge in [0, 0.05) is 18.0 Å². The first-order valence-corrected chi connectivity index (χ1v) is 9.94. The third-order valence-corrected chi connectivity index (χ3v) is 5.56. The number of esters is 1. The van der Waals surface area contributed by atoms with Crippen LogP contribution in [0, 0.1) is 0 Å². The summed E-state index contributed by atoms with van der Waals surface area (Å²) in [6, 6.07) is 3.55. The number of carbonyl (C=O) groups is 3. The van der Waals surface area contributed by atoms with Crippen molar-refractivity contribution in [3.63, 3.8) is 0 Å². The van der Waals surface area contributed by atoms with Gasteiger partial charge in [0.15, 0.2) is 6.61 Å². The summed E-state index contributed by atoms with van der Waals surface area (Å²) in [7, 11) is -4.15. The predicted molar refractivity (Wildman–Crippen MR) is 94.2 cm³/mol. The fourth-order valence-electron chi connectivity index (χ4n) is 2.40. The van der Waals surface area contributed by atoms with E-state index >= 15 is 0 Å². The second kappa shape index (κ2) is 8.79. The maximum Gasteiger partial charge on any atom is 0.327 e. The Morgan fingerprint density at radius 3 is 2.48 bits per heavy atom. The van der Waals surface area contributed by atoms with E-state index in [1.165, 1.54) is 31.2 Å². The Bertz CT molecular complexity index is 824. The van der Waals surface area contributed by atoms with Crippen LogP contribution in [0.2, 0.25) is 5.02 Å².